The molecule has 27 heavy (non-hydrogen) atoms. The number of thiophene rings is 1. The SMILES string of the molecule is COc1ccc(CN(C)Cc2ccsc2)cc1OC[C@H](O)CN1CCCC1. The van der Waals surface area contributed by atoms with Gasteiger partial charge in [-0.05, 0) is 73.1 Å². The standard InChI is InChI=1S/C21H30N2O3S/c1-22(13-18-7-10-27-16-18)12-17-5-6-20(25-2)21(11-17)26-15-19(24)14-23-8-3-4-9-23/h5-7,10-11,16,19,24H,3-4,8-9,12-15H2,1-2H3/t19-/m1/s1. The number of likely N-dealkylation sites (tertiary alicyclic amines) is 1. The van der Waals surface area contributed by atoms with E-state index in [-0.39, 0.29) is 6.61 Å². The smallest absolute Gasteiger partial charge is 0.161 e. The Morgan fingerprint density at radius 3 is 2.63 bits per heavy atom. The van der Waals surface area contributed by atoms with Crippen LogP contribution in [0, 0.1) is 0 Å². The van der Waals surface area contributed by atoms with E-state index in [1.54, 1.807) is 18.4 Å². The number of methoxy groups -OCH3 is 1. The highest BCUT2D eigenvalue weighted by molar-refractivity contribution is 7.07. The summed E-state index contributed by atoms with van der Waals surface area (Å²) in [7, 11) is 3.76. The predicted molar refractivity (Wildman–Crippen MR) is 110 cm³/mol. The van der Waals surface area contributed by atoms with E-state index in [1.807, 2.05) is 12.1 Å². The average Bonchev–Trinajstić information content (AvgIpc) is 3.34. The van der Waals surface area contributed by atoms with Gasteiger partial charge in [-0.1, -0.05) is 6.07 Å². The van der Waals surface area contributed by atoms with Gasteiger partial charge in [-0.3, -0.25) is 4.90 Å². The number of benzene rings is 1. The Kier molecular flexibility index (Phi) is 7.52. The maximum atomic E-state index is 10.3. The summed E-state index contributed by atoms with van der Waals surface area (Å²) in [5.74, 6) is 1.40. The van der Waals surface area contributed by atoms with E-state index in [0.29, 0.717) is 18.0 Å². The summed E-state index contributed by atoms with van der Waals surface area (Å²) in [6, 6.07) is 8.18. The van der Waals surface area contributed by atoms with Crippen LogP contribution in [0.2, 0.25) is 0 Å². The zero-order valence-electron chi connectivity index (χ0n) is 16.3. The molecule has 148 valence electrons. The second-order valence-corrected chi connectivity index (χ2v) is 8.04. The predicted octanol–water partition coefficient (Wildman–Crippen LogP) is 3.22. The molecule has 1 atom stereocenters. The van der Waals surface area contributed by atoms with E-state index in [0.717, 1.165) is 31.7 Å². The molecule has 0 radical (unpaired) electrons. The van der Waals surface area contributed by atoms with E-state index in [1.165, 1.54) is 18.4 Å². The van der Waals surface area contributed by atoms with Crippen molar-refractivity contribution in [3.05, 3.63) is 46.2 Å². The van der Waals surface area contributed by atoms with E-state index < -0.39 is 6.10 Å². The minimum Gasteiger partial charge on any atom is -0.493 e. The van der Waals surface area contributed by atoms with Crippen molar-refractivity contribution in [1.82, 2.24) is 9.80 Å². The zero-order chi connectivity index (χ0) is 19.1. The summed E-state index contributed by atoms with van der Waals surface area (Å²) < 4.78 is 11.3. The molecule has 1 fully saturated rings. The first-order chi connectivity index (χ1) is 13.1. The largest absolute Gasteiger partial charge is 0.493 e. The third kappa shape index (κ3) is 6.21. The number of aliphatic hydroxyl groups excluding tert-OH is 1. The van der Waals surface area contributed by atoms with Gasteiger partial charge >= 0.3 is 0 Å². The van der Waals surface area contributed by atoms with Crippen LogP contribution in [-0.2, 0) is 13.1 Å². The summed E-state index contributed by atoms with van der Waals surface area (Å²) in [6.07, 6.45) is 1.96. The Hall–Kier alpha value is -1.60. The van der Waals surface area contributed by atoms with E-state index in [4.69, 9.17) is 9.47 Å². The molecule has 1 N–H and O–H groups in total. The first kappa shape index (κ1) is 20.1. The molecule has 0 unspecified atom stereocenters. The molecule has 1 aromatic carbocycles. The highest BCUT2D eigenvalue weighted by atomic mass is 32.1. The molecule has 2 aromatic rings. The molecule has 0 spiro atoms. The van der Waals surface area contributed by atoms with Crippen LogP contribution in [-0.4, -0.2) is 61.4 Å². The minimum atomic E-state index is -0.488. The first-order valence-electron chi connectivity index (χ1n) is 9.54. The van der Waals surface area contributed by atoms with Crippen LogP contribution in [0.15, 0.2) is 35.0 Å². The van der Waals surface area contributed by atoms with E-state index in [9.17, 15) is 5.11 Å². The summed E-state index contributed by atoms with van der Waals surface area (Å²) in [5.41, 5.74) is 2.50. The topological polar surface area (TPSA) is 45.2 Å². The number of hydrogen-bond acceptors (Lipinski definition) is 6. The monoisotopic (exact) mass is 390 g/mol. The van der Waals surface area contributed by atoms with Gasteiger partial charge in [0.05, 0.1) is 7.11 Å². The Labute approximate surface area is 166 Å². The molecular formula is C21H30N2O3S. The molecule has 0 bridgehead atoms. The van der Waals surface area contributed by atoms with Crippen LogP contribution in [0.5, 0.6) is 11.5 Å². The Balaban J connectivity index is 1.55. The highest BCUT2D eigenvalue weighted by Crippen LogP contribution is 2.29. The summed E-state index contributed by atoms with van der Waals surface area (Å²) in [4.78, 5) is 4.57. The lowest BCUT2D eigenvalue weighted by molar-refractivity contribution is 0.0746. The summed E-state index contributed by atoms with van der Waals surface area (Å²) in [5, 5.41) is 14.6. The normalized spacial score (nSPS) is 16.0. The van der Waals surface area contributed by atoms with Crippen molar-refractivity contribution in [2.45, 2.75) is 32.0 Å². The van der Waals surface area contributed by atoms with Crippen molar-refractivity contribution in [3.8, 4) is 11.5 Å². The quantitative estimate of drug-likeness (QED) is 0.675. The van der Waals surface area contributed by atoms with Gasteiger partial charge in [0, 0.05) is 19.6 Å². The van der Waals surface area contributed by atoms with Crippen LogP contribution < -0.4 is 9.47 Å². The fraction of sp³-hybridized carbons (Fsp3) is 0.524. The zero-order valence-corrected chi connectivity index (χ0v) is 17.1. The Morgan fingerprint density at radius 1 is 1.15 bits per heavy atom. The van der Waals surface area contributed by atoms with E-state index >= 15 is 0 Å². The number of nitrogens with zero attached hydrogens (tertiary/aromatic N) is 2. The Bertz CT molecular complexity index is 687. The van der Waals surface area contributed by atoms with Crippen LogP contribution in [0.3, 0.4) is 0 Å². The molecule has 0 aliphatic carbocycles. The molecule has 0 amide bonds. The van der Waals surface area contributed by atoms with Gasteiger partial charge in [-0.25, -0.2) is 0 Å². The van der Waals surface area contributed by atoms with Crippen LogP contribution in [0.4, 0.5) is 0 Å². The number of ether oxygens (including phenoxy) is 2. The molecule has 1 aliphatic heterocycles. The number of β-amino-alcohol motifs (C(OH)–C–C–N with tert-alkyl or cyclic N) is 1. The van der Waals surface area contributed by atoms with Crippen molar-refractivity contribution >= 4 is 11.3 Å². The fourth-order valence-electron chi connectivity index (χ4n) is 3.50. The number of rotatable bonds is 10. The van der Waals surface area contributed by atoms with Gasteiger partial charge in [0.25, 0.3) is 0 Å². The minimum absolute atomic E-state index is 0.279. The van der Waals surface area contributed by atoms with Gasteiger partial charge in [0.2, 0.25) is 0 Å². The average molecular weight is 391 g/mol. The van der Waals surface area contributed by atoms with E-state index in [2.05, 4.69) is 39.7 Å². The third-order valence-electron chi connectivity index (χ3n) is 4.81. The van der Waals surface area contributed by atoms with Crippen LogP contribution in [0.1, 0.15) is 24.0 Å². The van der Waals surface area contributed by atoms with Gasteiger partial charge in [0.1, 0.15) is 12.7 Å². The van der Waals surface area contributed by atoms with Crippen LogP contribution >= 0.6 is 11.3 Å². The second kappa shape index (κ2) is 10.1. The van der Waals surface area contributed by atoms with Crippen molar-refractivity contribution in [2.75, 3.05) is 40.4 Å². The van der Waals surface area contributed by atoms with Gasteiger partial charge in [-0.2, -0.15) is 11.3 Å². The first-order valence-corrected chi connectivity index (χ1v) is 10.5. The van der Waals surface area contributed by atoms with Gasteiger partial charge in [0.15, 0.2) is 11.5 Å². The molecule has 0 saturated carbocycles. The highest BCUT2D eigenvalue weighted by Gasteiger charge is 2.17. The molecule has 6 heteroatoms. The van der Waals surface area contributed by atoms with Gasteiger partial charge < -0.3 is 19.5 Å². The van der Waals surface area contributed by atoms with Crippen molar-refractivity contribution in [2.24, 2.45) is 0 Å². The molecule has 3 rings (SSSR count). The van der Waals surface area contributed by atoms with Gasteiger partial charge in [-0.15, -0.1) is 0 Å². The molecular weight excluding hydrogens is 360 g/mol. The molecule has 2 heterocycles. The molecule has 1 aliphatic rings. The second-order valence-electron chi connectivity index (χ2n) is 7.26. The van der Waals surface area contributed by atoms with Crippen molar-refractivity contribution in [1.29, 1.82) is 0 Å². The lowest BCUT2D eigenvalue weighted by Gasteiger charge is -2.21. The molecule has 1 saturated heterocycles. The number of hydrogen-bond donors (Lipinski definition) is 1. The van der Waals surface area contributed by atoms with Crippen LogP contribution in [0.25, 0.3) is 0 Å². The Morgan fingerprint density at radius 2 is 1.93 bits per heavy atom. The lowest BCUT2D eigenvalue weighted by atomic mass is 10.2. The third-order valence-corrected chi connectivity index (χ3v) is 5.54. The summed E-state index contributed by atoms with van der Waals surface area (Å²) >= 11 is 1.73. The number of aliphatic hydroxyl groups is 1. The molecule has 1 aromatic heterocycles. The van der Waals surface area contributed by atoms with Crippen molar-refractivity contribution < 1.29 is 14.6 Å². The fourth-order valence-corrected chi connectivity index (χ4v) is 4.16. The summed E-state index contributed by atoms with van der Waals surface area (Å²) in [6.45, 7) is 4.85. The lowest BCUT2D eigenvalue weighted by Crippen LogP contribution is -2.33. The molecule has 5 nitrogen and oxygen atoms in total. The van der Waals surface area contributed by atoms with Crippen molar-refractivity contribution in [3.63, 3.8) is 0 Å². The maximum Gasteiger partial charge on any atom is 0.161 e. The maximum absolute atomic E-state index is 10.3.